The number of aliphatic hydroxyl groups is 5. The number of aliphatic hydroxyl groups excluding tert-OH is 5. The molecule has 2 aliphatic rings. The van der Waals surface area contributed by atoms with Gasteiger partial charge in [0.05, 0.1) is 19.8 Å². The smallest absolute Gasteiger partial charge is 0.186 e. The lowest BCUT2D eigenvalue weighted by molar-refractivity contribution is -0.329. The van der Waals surface area contributed by atoms with Crippen molar-refractivity contribution >= 4 is 0 Å². The Balaban J connectivity index is 1.52. The van der Waals surface area contributed by atoms with E-state index in [-0.39, 0.29) is 19.8 Å². The monoisotopic (exact) mass is 372 g/mol. The summed E-state index contributed by atoms with van der Waals surface area (Å²) in [4.78, 5) is 0. The van der Waals surface area contributed by atoms with Crippen molar-refractivity contribution in [2.45, 2.75) is 55.8 Å². The molecule has 1 aromatic carbocycles. The maximum Gasteiger partial charge on any atom is 0.186 e. The van der Waals surface area contributed by atoms with Crippen LogP contribution in [0.2, 0.25) is 0 Å². The van der Waals surface area contributed by atoms with Crippen LogP contribution in [-0.2, 0) is 25.6 Å². The molecule has 8 atom stereocenters. The van der Waals surface area contributed by atoms with Crippen LogP contribution in [0.5, 0.6) is 0 Å². The van der Waals surface area contributed by atoms with Gasteiger partial charge in [0.1, 0.15) is 36.6 Å². The molecular weight excluding hydrogens is 348 g/mol. The van der Waals surface area contributed by atoms with Gasteiger partial charge in [-0.3, -0.25) is 0 Å². The highest BCUT2D eigenvalue weighted by Crippen LogP contribution is 2.24. The van der Waals surface area contributed by atoms with Gasteiger partial charge >= 0.3 is 0 Å². The van der Waals surface area contributed by atoms with Crippen LogP contribution in [-0.4, -0.2) is 88.0 Å². The minimum Gasteiger partial charge on any atom is -0.388 e. The van der Waals surface area contributed by atoms with Crippen LogP contribution in [0.3, 0.4) is 0 Å². The van der Waals surface area contributed by atoms with E-state index in [0.29, 0.717) is 0 Å². The fourth-order valence-electron chi connectivity index (χ4n) is 2.86. The van der Waals surface area contributed by atoms with E-state index in [1.165, 1.54) is 0 Å². The van der Waals surface area contributed by atoms with Crippen molar-refractivity contribution in [2.75, 3.05) is 13.2 Å². The molecule has 26 heavy (non-hydrogen) atoms. The summed E-state index contributed by atoms with van der Waals surface area (Å²) in [5.41, 5.74) is 0.891. The third-order valence-corrected chi connectivity index (χ3v) is 4.45. The lowest BCUT2D eigenvalue weighted by atomic mass is 10.0. The van der Waals surface area contributed by atoms with Crippen LogP contribution >= 0.6 is 0 Å². The molecule has 2 aliphatic heterocycles. The molecule has 1 aromatic rings. The van der Waals surface area contributed by atoms with Crippen LogP contribution in [0.15, 0.2) is 30.3 Å². The maximum absolute atomic E-state index is 10.3. The lowest BCUT2D eigenvalue weighted by Crippen LogP contribution is -2.59. The Morgan fingerprint density at radius 2 is 1.46 bits per heavy atom. The molecule has 2 heterocycles. The van der Waals surface area contributed by atoms with E-state index in [4.69, 9.17) is 18.9 Å². The molecule has 2 fully saturated rings. The first kappa shape index (κ1) is 19.6. The molecule has 3 rings (SSSR count). The van der Waals surface area contributed by atoms with Crippen molar-refractivity contribution in [2.24, 2.45) is 0 Å². The van der Waals surface area contributed by atoms with E-state index < -0.39 is 49.2 Å². The summed E-state index contributed by atoms with van der Waals surface area (Å²) in [6, 6.07) is 9.31. The average molecular weight is 372 g/mol. The Morgan fingerprint density at radius 3 is 2.19 bits per heavy atom. The molecule has 146 valence electrons. The zero-order valence-electron chi connectivity index (χ0n) is 14.0. The summed E-state index contributed by atoms with van der Waals surface area (Å²) in [6.07, 6.45) is -10.1. The third-order valence-electron chi connectivity index (χ3n) is 4.45. The molecule has 0 spiro atoms. The van der Waals surface area contributed by atoms with Crippen molar-refractivity contribution in [3.05, 3.63) is 35.9 Å². The molecule has 8 unspecified atom stereocenters. The highest BCUT2D eigenvalue weighted by Gasteiger charge is 2.44. The van der Waals surface area contributed by atoms with Crippen LogP contribution in [0, 0.1) is 0 Å². The van der Waals surface area contributed by atoms with Crippen molar-refractivity contribution in [1.82, 2.24) is 0 Å². The molecule has 9 nitrogen and oxygen atoms in total. The fourth-order valence-corrected chi connectivity index (χ4v) is 2.86. The van der Waals surface area contributed by atoms with Crippen LogP contribution in [0.1, 0.15) is 5.56 Å². The van der Waals surface area contributed by atoms with Gasteiger partial charge in [-0.15, -0.1) is 0 Å². The minimum absolute atomic E-state index is 0.108. The van der Waals surface area contributed by atoms with E-state index in [9.17, 15) is 25.5 Å². The third kappa shape index (κ3) is 4.39. The Kier molecular flexibility index (Phi) is 6.56. The minimum atomic E-state index is -1.49. The maximum atomic E-state index is 10.3. The summed E-state index contributed by atoms with van der Waals surface area (Å²) in [7, 11) is 0. The van der Waals surface area contributed by atoms with Gasteiger partial charge in [0.15, 0.2) is 12.6 Å². The van der Waals surface area contributed by atoms with Gasteiger partial charge in [0.25, 0.3) is 0 Å². The molecule has 0 bridgehead atoms. The largest absolute Gasteiger partial charge is 0.388 e. The first-order chi connectivity index (χ1) is 12.5. The van der Waals surface area contributed by atoms with Gasteiger partial charge < -0.3 is 44.5 Å². The Morgan fingerprint density at radius 1 is 0.808 bits per heavy atom. The van der Waals surface area contributed by atoms with E-state index in [1.807, 2.05) is 30.3 Å². The van der Waals surface area contributed by atoms with Crippen molar-refractivity contribution < 1.29 is 44.5 Å². The number of rotatable bonds is 5. The van der Waals surface area contributed by atoms with Crippen LogP contribution in [0.25, 0.3) is 0 Å². The van der Waals surface area contributed by atoms with Gasteiger partial charge in [-0.1, -0.05) is 30.3 Å². The molecule has 0 radical (unpaired) electrons. The molecule has 0 aliphatic carbocycles. The quantitative estimate of drug-likeness (QED) is 0.401. The predicted molar refractivity (Wildman–Crippen MR) is 85.6 cm³/mol. The number of benzene rings is 1. The van der Waals surface area contributed by atoms with Crippen molar-refractivity contribution in [3.63, 3.8) is 0 Å². The molecule has 0 saturated carbocycles. The fraction of sp³-hybridized carbons (Fsp3) is 0.647. The Labute approximate surface area is 150 Å². The zero-order valence-corrected chi connectivity index (χ0v) is 14.0. The highest BCUT2D eigenvalue weighted by atomic mass is 16.7. The molecule has 0 amide bonds. The number of hydrogen-bond acceptors (Lipinski definition) is 9. The molecule has 9 heteroatoms. The van der Waals surface area contributed by atoms with E-state index in [2.05, 4.69) is 0 Å². The van der Waals surface area contributed by atoms with E-state index in [0.717, 1.165) is 5.56 Å². The van der Waals surface area contributed by atoms with Gasteiger partial charge in [-0.05, 0) is 5.56 Å². The summed E-state index contributed by atoms with van der Waals surface area (Å²) < 4.78 is 21.5. The predicted octanol–water partition coefficient (Wildman–Crippen LogP) is -1.89. The van der Waals surface area contributed by atoms with Crippen LogP contribution in [0.4, 0.5) is 0 Å². The van der Waals surface area contributed by atoms with E-state index in [1.54, 1.807) is 0 Å². The lowest BCUT2D eigenvalue weighted by Gasteiger charge is -2.41. The van der Waals surface area contributed by atoms with E-state index >= 15 is 0 Å². The second-order valence-corrected chi connectivity index (χ2v) is 6.40. The van der Waals surface area contributed by atoms with Gasteiger partial charge in [0, 0.05) is 0 Å². The first-order valence-corrected chi connectivity index (χ1v) is 8.42. The zero-order chi connectivity index (χ0) is 18.7. The standard InChI is InChI=1S/C17H24O9/c18-10-7-24-17(14(21)12(10)19)26-11-8-25-16(15(22)13(11)20)23-6-9-4-2-1-3-5-9/h1-5,10-22H,6-8H2. The Bertz CT molecular complexity index is 556. The normalized spacial score (nSPS) is 41.1. The van der Waals surface area contributed by atoms with Crippen molar-refractivity contribution in [3.8, 4) is 0 Å². The SMILES string of the molecule is OC1COC(OC2COC(OCc3ccccc3)C(O)C2O)C(O)C1O. The second kappa shape index (κ2) is 8.70. The molecule has 0 aromatic heterocycles. The Hall–Kier alpha value is -1.14. The van der Waals surface area contributed by atoms with Crippen molar-refractivity contribution in [1.29, 1.82) is 0 Å². The number of ether oxygens (including phenoxy) is 4. The highest BCUT2D eigenvalue weighted by molar-refractivity contribution is 5.13. The summed E-state index contributed by atoms with van der Waals surface area (Å²) in [5, 5.41) is 49.4. The molecular formula is C17H24O9. The first-order valence-electron chi connectivity index (χ1n) is 8.42. The average Bonchev–Trinajstić information content (AvgIpc) is 2.66. The number of hydrogen-bond donors (Lipinski definition) is 5. The van der Waals surface area contributed by atoms with Gasteiger partial charge in [0.2, 0.25) is 0 Å². The summed E-state index contributed by atoms with van der Waals surface area (Å²) >= 11 is 0. The van der Waals surface area contributed by atoms with Gasteiger partial charge in [-0.2, -0.15) is 0 Å². The van der Waals surface area contributed by atoms with Crippen LogP contribution < -0.4 is 0 Å². The molecule has 5 N–H and O–H groups in total. The summed E-state index contributed by atoms with van der Waals surface area (Å²) in [5.74, 6) is 0. The second-order valence-electron chi connectivity index (χ2n) is 6.40. The van der Waals surface area contributed by atoms with Gasteiger partial charge in [-0.25, -0.2) is 0 Å². The molecule has 2 saturated heterocycles. The topological polar surface area (TPSA) is 138 Å². The summed E-state index contributed by atoms with van der Waals surface area (Å²) in [6.45, 7) is -0.129.